The molecular weight excluding hydrogens is 368 g/mol. The van der Waals surface area contributed by atoms with Crippen LogP contribution in [0.3, 0.4) is 0 Å². The average Bonchev–Trinajstić information content (AvgIpc) is 2.76. The maximum Gasteiger partial charge on any atom is 0.310 e. The van der Waals surface area contributed by atoms with Gasteiger partial charge in [0.1, 0.15) is 0 Å². The molecule has 3 rings (SSSR count). The third-order valence-corrected chi connectivity index (χ3v) is 4.50. The summed E-state index contributed by atoms with van der Waals surface area (Å²) >= 11 is 5.82. The molecule has 0 radical (unpaired) electrons. The average molecular weight is 387 g/mol. The number of para-hydroxylation sites is 2. The van der Waals surface area contributed by atoms with E-state index in [1.54, 1.807) is 55.5 Å². The number of hydrogen-bond acceptors (Lipinski definition) is 4. The first kappa shape index (κ1) is 18.9. The Morgan fingerprint density at radius 3 is 2.63 bits per heavy atom. The summed E-state index contributed by atoms with van der Waals surface area (Å²) in [6.07, 6.45) is 0.218. The summed E-state index contributed by atoms with van der Waals surface area (Å²) in [5.74, 6) is -1.04. The van der Waals surface area contributed by atoms with Crippen molar-refractivity contribution in [3.8, 4) is 0 Å². The number of carbonyl (C=O) groups is 3. The van der Waals surface area contributed by atoms with Crippen molar-refractivity contribution < 1.29 is 19.1 Å². The second-order valence-corrected chi connectivity index (χ2v) is 6.78. The number of halogens is 1. The summed E-state index contributed by atoms with van der Waals surface area (Å²) in [5.41, 5.74) is 1.91. The van der Waals surface area contributed by atoms with E-state index in [-0.39, 0.29) is 37.3 Å². The van der Waals surface area contributed by atoms with E-state index in [4.69, 9.17) is 16.3 Å². The van der Waals surface area contributed by atoms with Crippen molar-refractivity contribution in [3.63, 3.8) is 0 Å². The summed E-state index contributed by atoms with van der Waals surface area (Å²) in [6.45, 7) is 1.40. The number of anilines is 2. The molecule has 1 atom stereocenters. The molecule has 0 spiro atoms. The Hall–Kier alpha value is -2.86. The Balaban J connectivity index is 1.67. The van der Waals surface area contributed by atoms with Gasteiger partial charge in [0.2, 0.25) is 5.91 Å². The maximum atomic E-state index is 12.7. The van der Waals surface area contributed by atoms with Crippen LogP contribution < -0.4 is 10.2 Å². The summed E-state index contributed by atoms with van der Waals surface area (Å²) in [6, 6.07) is 13.6. The number of hydrogen-bond donors (Lipinski definition) is 1. The maximum absolute atomic E-state index is 12.7. The van der Waals surface area contributed by atoms with Gasteiger partial charge in [-0.15, -0.1) is 0 Å². The van der Waals surface area contributed by atoms with Crippen LogP contribution in [0, 0.1) is 0 Å². The number of ether oxygens (including phenoxy) is 1. The summed E-state index contributed by atoms with van der Waals surface area (Å²) < 4.78 is 5.15. The zero-order valence-corrected chi connectivity index (χ0v) is 15.5. The van der Waals surface area contributed by atoms with E-state index < -0.39 is 5.97 Å². The van der Waals surface area contributed by atoms with Crippen LogP contribution in [0.25, 0.3) is 0 Å². The van der Waals surface area contributed by atoms with Crippen LogP contribution in [0.4, 0.5) is 11.4 Å². The van der Waals surface area contributed by atoms with Crippen LogP contribution >= 0.6 is 11.6 Å². The molecule has 2 amide bonds. The number of rotatable bonds is 4. The van der Waals surface area contributed by atoms with Crippen LogP contribution in [-0.4, -0.2) is 30.4 Å². The molecule has 0 fully saturated rings. The number of benzene rings is 2. The molecule has 0 saturated heterocycles. The van der Waals surface area contributed by atoms with Crippen molar-refractivity contribution in [3.05, 3.63) is 59.1 Å². The molecule has 27 heavy (non-hydrogen) atoms. The normalized spacial score (nSPS) is 16.1. The third kappa shape index (κ3) is 4.65. The lowest BCUT2D eigenvalue weighted by molar-refractivity contribution is -0.147. The number of nitrogens with one attached hydrogen (secondary N) is 1. The molecule has 1 heterocycles. The predicted octanol–water partition coefficient (Wildman–Crippen LogP) is 3.19. The summed E-state index contributed by atoms with van der Waals surface area (Å²) in [5, 5.41) is 3.37. The number of amides is 2. The monoisotopic (exact) mass is 386 g/mol. The highest BCUT2D eigenvalue weighted by Gasteiger charge is 2.30. The Bertz CT molecular complexity index is 867. The molecule has 2 aromatic rings. The van der Waals surface area contributed by atoms with Gasteiger partial charge >= 0.3 is 5.97 Å². The Morgan fingerprint density at radius 1 is 1.19 bits per heavy atom. The van der Waals surface area contributed by atoms with E-state index in [1.165, 1.54) is 4.90 Å². The van der Waals surface area contributed by atoms with Gasteiger partial charge in [0.15, 0.2) is 6.61 Å². The predicted molar refractivity (Wildman–Crippen MR) is 103 cm³/mol. The molecule has 0 bridgehead atoms. The van der Waals surface area contributed by atoms with Crippen LogP contribution in [-0.2, 0) is 25.5 Å². The van der Waals surface area contributed by atoms with Crippen molar-refractivity contribution in [1.82, 2.24) is 0 Å². The van der Waals surface area contributed by atoms with Gasteiger partial charge in [-0.25, -0.2) is 0 Å². The summed E-state index contributed by atoms with van der Waals surface area (Å²) in [7, 11) is 0. The van der Waals surface area contributed by atoms with Crippen LogP contribution in [0.15, 0.2) is 48.5 Å². The lowest BCUT2D eigenvalue weighted by Crippen LogP contribution is -2.41. The van der Waals surface area contributed by atoms with Crippen LogP contribution in [0.5, 0.6) is 0 Å². The van der Waals surface area contributed by atoms with Gasteiger partial charge in [0.05, 0.1) is 17.8 Å². The fraction of sp³-hybridized carbons (Fsp3) is 0.250. The van der Waals surface area contributed by atoms with Crippen molar-refractivity contribution in [1.29, 1.82) is 0 Å². The number of fused-ring (bicyclic) bond motifs is 1. The molecule has 0 saturated carbocycles. The SMILES string of the molecule is C[C@@H]1CC(=O)Nc2ccccc2N1C(=O)COC(=O)Cc1ccc(Cl)cc1. The van der Waals surface area contributed by atoms with Crippen molar-refractivity contribution in [2.24, 2.45) is 0 Å². The second kappa shape index (κ2) is 8.22. The van der Waals surface area contributed by atoms with E-state index in [2.05, 4.69) is 5.32 Å². The first-order valence-corrected chi connectivity index (χ1v) is 8.93. The van der Waals surface area contributed by atoms with Crippen molar-refractivity contribution in [2.45, 2.75) is 25.8 Å². The topological polar surface area (TPSA) is 75.7 Å². The highest BCUT2D eigenvalue weighted by molar-refractivity contribution is 6.30. The second-order valence-electron chi connectivity index (χ2n) is 6.35. The molecule has 0 aliphatic carbocycles. The molecule has 2 aromatic carbocycles. The molecule has 0 aromatic heterocycles. The van der Waals surface area contributed by atoms with Gasteiger partial charge in [-0.05, 0) is 36.8 Å². The molecule has 1 N–H and O–H groups in total. The molecular formula is C20H19ClN2O4. The minimum atomic E-state index is -0.504. The number of carbonyl (C=O) groups excluding carboxylic acids is 3. The molecule has 140 valence electrons. The van der Waals surface area contributed by atoms with Crippen molar-refractivity contribution in [2.75, 3.05) is 16.8 Å². The molecule has 6 nitrogen and oxygen atoms in total. The smallest absolute Gasteiger partial charge is 0.310 e. The molecule has 7 heteroatoms. The third-order valence-electron chi connectivity index (χ3n) is 4.25. The van der Waals surface area contributed by atoms with E-state index in [1.807, 2.05) is 0 Å². The Morgan fingerprint density at radius 2 is 1.89 bits per heavy atom. The summed E-state index contributed by atoms with van der Waals surface area (Å²) in [4.78, 5) is 38.2. The standard InChI is InChI=1S/C20H19ClN2O4/c1-13-10-18(24)22-16-4-2-3-5-17(16)23(13)19(25)12-27-20(26)11-14-6-8-15(21)9-7-14/h2-9,13H,10-12H2,1H3,(H,22,24)/t13-/m1/s1. The van der Waals surface area contributed by atoms with E-state index in [0.29, 0.717) is 16.4 Å². The number of nitrogens with zero attached hydrogens (tertiary/aromatic N) is 1. The van der Waals surface area contributed by atoms with Gasteiger partial charge in [-0.1, -0.05) is 35.9 Å². The first-order chi connectivity index (χ1) is 12.9. The van der Waals surface area contributed by atoms with Crippen molar-refractivity contribution >= 4 is 40.8 Å². The fourth-order valence-corrected chi connectivity index (χ4v) is 3.13. The number of esters is 1. The van der Waals surface area contributed by atoms with Crippen LogP contribution in [0.2, 0.25) is 5.02 Å². The van der Waals surface area contributed by atoms with E-state index in [9.17, 15) is 14.4 Å². The molecule has 1 aliphatic rings. The fourth-order valence-electron chi connectivity index (χ4n) is 3.00. The van der Waals surface area contributed by atoms with Gasteiger partial charge in [-0.2, -0.15) is 0 Å². The van der Waals surface area contributed by atoms with Gasteiger partial charge in [0, 0.05) is 17.5 Å². The van der Waals surface area contributed by atoms with Gasteiger partial charge in [-0.3, -0.25) is 14.4 Å². The van der Waals surface area contributed by atoms with Gasteiger partial charge in [0.25, 0.3) is 5.91 Å². The lowest BCUT2D eigenvalue weighted by Gasteiger charge is -2.27. The largest absolute Gasteiger partial charge is 0.455 e. The highest BCUT2D eigenvalue weighted by Crippen LogP contribution is 2.31. The van der Waals surface area contributed by atoms with Crippen LogP contribution in [0.1, 0.15) is 18.9 Å². The zero-order chi connectivity index (χ0) is 19.4. The Labute approximate surface area is 162 Å². The highest BCUT2D eigenvalue weighted by atomic mass is 35.5. The quantitative estimate of drug-likeness (QED) is 0.819. The lowest BCUT2D eigenvalue weighted by atomic mass is 10.1. The minimum Gasteiger partial charge on any atom is -0.455 e. The minimum absolute atomic E-state index is 0.0522. The van der Waals surface area contributed by atoms with E-state index in [0.717, 1.165) is 5.56 Å². The Kier molecular flexibility index (Phi) is 5.76. The zero-order valence-electron chi connectivity index (χ0n) is 14.8. The van der Waals surface area contributed by atoms with E-state index >= 15 is 0 Å². The van der Waals surface area contributed by atoms with Gasteiger partial charge < -0.3 is 15.0 Å². The molecule has 1 aliphatic heterocycles. The molecule has 0 unspecified atom stereocenters. The first-order valence-electron chi connectivity index (χ1n) is 8.55.